The van der Waals surface area contributed by atoms with Gasteiger partial charge in [-0.05, 0) is 25.0 Å². The largest absolute Gasteiger partial charge is 0.456 e. The number of carbonyl (C=O) groups excluding carboxylic acids is 3. The average Bonchev–Trinajstić information content (AvgIpc) is 2.58. The lowest BCUT2D eigenvalue weighted by Gasteiger charge is -2.08. The SMILES string of the molecule is Cc1ccc(C(=O)COC(=O)CNC(=O)Cc2ccccc2)c(C)c1. The Hall–Kier alpha value is -2.95. The average molecular weight is 339 g/mol. The number of ether oxygens (including phenoxy) is 1. The Morgan fingerprint density at radius 1 is 1.00 bits per heavy atom. The Morgan fingerprint density at radius 2 is 1.72 bits per heavy atom. The van der Waals surface area contributed by atoms with Crippen molar-refractivity contribution in [2.75, 3.05) is 13.2 Å². The minimum absolute atomic E-state index is 0.190. The summed E-state index contributed by atoms with van der Waals surface area (Å²) in [6, 6.07) is 14.7. The van der Waals surface area contributed by atoms with Gasteiger partial charge in [0.15, 0.2) is 6.61 Å². The highest BCUT2D eigenvalue weighted by molar-refractivity contribution is 5.99. The number of amides is 1. The summed E-state index contributed by atoms with van der Waals surface area (Å²) in [5.74, 6) is -1.18. The Balaban J connectivity index is 1.75. The molecule has 130 valence electrons. The summed E-state index contributed by atoms with van der Waals surface area (Å²) < 4.78 is 4.94. The number of rotatable bonds is 7. The Kier molecular flexibility index (Phi) is 6.46. The van der Waals surface area contributed by atoms with E-state index >= 15 is 0 Å². The maximum Gasteiger partial charge on any atom is 0.325 e. The molecule has 0 spiro atoms. The summed E-state index contributed by atoms with van der Waals surface area (Å²) in [4.78, 5) is 35.5. The fourth-order valence-corrected chi connectivity index (χ4v) is 2.42. The third-order valence-corrected chi connectivity index (χ3v) is 3.68. The van der Waals surface area contributed by atoms with Crippen molar-refractivity contribution in [2.24, 2.45) is 0 Å². The van der Waals surface area contributed by atoms with E-state index in [4.69, 9.17) is 4.74 Å². The van der Waals surface area contributed by atoms with E-state index in [1.54, 1.807) is 6.07 Å². The number of benzene rings is 2. The summed E-state index contributed by atoms with van der Waals surface area (Å²) in [6.07, 6.45) is 0.190. The maximum absolute atomic E-state index is 12.1. The first-order valence-corrected chi connectivity index (χ1v) is 8.02. The standard InChI is InChI=1S/C20H21NO4/c1-14-8-9-17(15(2)10-14)18(22)13-25-20(24)12-21-19(23)11-16-6-4-3-5-7-16/h3-10H,11-13H2,1-2H3,(H,21,23). The molecule has 0 heterocycles. The topological polar surface area (TPSA) is 72.5 Å². The number of esters is 1. The van der Waals surface area contributed by atoms with Crippen LogP contribution in [0.1, 0.15) is 27.0 Å². The van der Waals surface area contributed by atoms with E-state index in [0.717, 1.165) is 16.7 Å². The molecule has 0 aliphatic carbocycles. The molecule has 0 radical (unpaired) electrons. The van der Waals surface area contributed by atoms with Crippen LogP contribution in [0.25, 0.3) is 0 Å². The molecule has 0 saturated heterocycles. The van der Waals surface area contributed by atoms with Gasteiger partial charge in [-0.15, -0.1) is 0 Å². The van der Waals surface area contributed by atoms with Crippen LogP contribution >= 0.6 is 0 Å². The van der Waals surface area contributed by atoms with Gasteiger partial charge in [-0.1, -0.05) is 54.1 Å². The predicted octanol–water partition coefficient (Wildman–Crippen LogP) is 2.39. The second-order valence-corrected chi connectivity index (χ2v) is 5.84. The highest BCUT2D eigenvalue weighted by Gasteiger charge is 2.13. The van der Waals surface area contributed by atoms with Crippen LogP contribution in [-0.2, 0) is 20.7 Å². The Labute approximate surface area is 147 Å². The van der Waals surface area contributed by atoms with Crippen molar-refractivity contribution in [3.63, 3.8) is 0 Å². The first-order valence-electron chi connectivity index (χ1n) is 8.02. The monoisotopic (exact) mass is 339 g/mol. The smallest absolute Gasteiger partial charge is 0.325 e. The minimum Gasteiger partial charge on any atom is -0.456 e. The molecule has 5 nitrogen and oxygen atoms in total. The van der Waals surface area contributed by atoms with Gasteiger partial charge < -0.3 is 10.1 Å². The highest BCUT2D eigenvalue weighted by atomic mass is 16.5. The zero-order valence-corrected chi connectivity index (χ0v) is 14.4. The Bertz CT molecular complexity index is 769. The van der Waals surface area contributed by atoms with E-state index in [1.807, 2.05) is 56.3 Å². The molecule has 1 amide bonds. The van der Waals surface area contributed by atoms with E-state index in [2.05, 4.69) is 5.32 Å². The lowest BCUT2D eigenvalue weighted by atomic mass is 10.0. The molecule has 0 aliphatic rings. The fraction of sp³-hybridized carbons (Fsp3) is 0.250. The van der Waals surface area contributed by atoms with Crippen LogP contribution in [0.4, 0.5) is 0 Å². The van der Waals surface area contributed by atoms with Crippen LogP contribution in [0, 0.1) is 13.8 Å². The number of hydrogen-bond acceptors (Lipinski definition) is 4. The lowest BCUT2D eigenvalue weighted by molar-refractivity contribution is -0.142. The van der Waals surface area contributed by atoms with Gasteiger partial charge in [-0.2, -0.15) is 0 Å². The third-order valence-electron chi connectivity index (χ3n) is 3.68. The van der Waals surface area contributed by atoms with Gasteiger partial charge in [0.25, 0.3) is 0 Å². The van der Waals surface area contributed by atoms with E-state index < -0.39 is 5.97 Å². The Morgan fingerprint density at radius 3 is 2.40 bits per heavy atom. The van der Waals surface area contributed by atoms with Crippen LogP contribution in [0.2, 0.25) is 0 Å². The first kappa shape index (κ1) is 18.4. The molecule has 0 fully saturated rings. The third kappa shape index (κ3) is 5.88. The van der Waals surface area contributed by atoms with Gasteiger partial charge >= 0.3 is 5.97 Å². The van der Waals surface area contributed by atoms with Crippen molar-refractivity contribution in [2.45, 2.75) is 20.3 Å². The highest BCUT2D eigenvalue weighted by Crippen LogP contribution is 2.11. The van der Waals surface area contributed by atoms with Crippen LogP contribution in [-0.4, -0.2) is 30.8 Å². The molecule has 1 N–H and O–H groups in total. The molecular formula is C20H21NO4. The molecule has 0 aromatic heterocycles. The van der Waals surface area contributed by atoms with E-state index in [9.17, 15) is 14.4 Å². The van der Waals surface area contributed by atoms with Gasteiger partial charge in [-0.3, -0.25) is 14.4 Å². The maximum atomic E-state index is 12.1. The van der Waals surface area contributed by atoms with Crippen molar-refractivity contribution >= 4 is 17.7 Å². The zero-order valence-electron chi connectivity index (χ0n) is 14.4. The zero-order chi connectivity index (χ0) is 18.2. The van der Waals surface area contributed by atoms with Crippen LogP contribution < -0.4 is 5.32 Å². The molecule has 25 heavy (non-hydrogen) atoms. The van der Waals surface area contributed by atoms with Gasteiger partial charge in [0, 0.05) is 5.56 Å². The molecule has 0 unspecified atom stereocenters. The quantitative estimate of drug-likeness (QED) is 0.621. The molecule has 2 aromatic carbocycles. The number of ketones is 1. The van der Waals surface area contributed by atoms with E-state index in [1.165, 1.54) is 0 Å². The van der Waals surface area contributed by atoms with Crippen molar-refractivity contribution in [1.29, 1.82) is 0 Å². The van der Waals surface area contributed by atoms with Gasteiger partial charge in [0.2, 0.25) is 11.7 Å². The number of nitrogens with one attached hydrogen (secondary N) is 1. The summed E-state index contributed by atoms with van der Waals surface area (Å²) in [6.45, 7) is 3.19. The molecule has 0 atom stereocenters. The van der Waals surface area contributed by atoms with Crippen molar-refractivity contribution in [3.05, 3.63) is 70.8 Å². The van der Waals surface area contributed by atoms with Crippen molar-refractivity contribution in [1.82, 2.24) is 5.32 Å². The van der Waals surface area contributed by atoms with Crippen LogP contribution in [0.15, 0.2) is 48.5 Å². The molecule has 0 aliphatic heterocycles. The summed E-state index contributed by atoms with van der Waals surface area (Å²) in [5.41, 5.74) is 3.30. The molecule has 0 bridgehead atoms. The number of Topliss-reactive ketones (excluding diaryl/α,β-unsaturated/α-hetero) is 1. The van der Waals surface area contributed by atoms with Crippen LogP contribution in [0.5, 0.6) is 0 Å². The molecule has 0 saturated carbocycles. The van der Waals surface area contributed by atoms with Gasteiger partial charge in [0.1, 0.15) is 6.54 Å². The molecule has 5 heteroatoms. The normalized spacial score (nSPS) is 10.2. The second-order valence-electron chi connectivity index (χ2n) is 5.84. The summed E-state index contributed by atoms with van der Waals surface area (Å²) in [5, 5.41) is 2.49. The minimum atomic E-state index is -0.639. The second kappa shape index (κ2) is 8.78. The predicted molar refractivity (Wildman–Crippen MR) is 94.4 cm³/mol. The molecular weight excluding hydrogens is 318 g/mol. The first-order chi connectivity index (χ1) is 12.0. The van der Waals surface area contributed by atoms with E-state index in [-0.39, 0.29) is 31.3 Å². The lowest BCUT2D eigenvalue weighted by Crippen LogP contribution is -2.32. The van der Waals surface area contributed by atoms with Gasteiger partial charge in [-0.25, -0.2) is 0 Å². The molecule has 2 aromatic rings. The van der Waals surface area contributed by atoms with E-state index in [0.29, 0.717) is 5.56 Å². The molecule has 2 rings (SSSR count). The van der Waals surface area contributed by atoms with Crippen LogP contribution in [0.3, 0.4) is 0 Å². The van der Waals surface area contributed by atoms with Crippen molar-refractivity contribution in [3.8, 4) is 0 Å². The number of hydrogen-bond donors (Lipinski definition) is 1. The number of aryl methyl sites for hydroxylation is 2. The van der Waals surface area contributed by atoms with Crippen molar-refractivity contribution < 1.29 is 19.1 Å². The summed E-state index contributed by atoms with van der Waals surface area (Å²) >= 11 is 0. The summed E-state index contributed by atoms with van der Waals surface area (Å²) in [7, 11) is 0. The van der Waals surface area contributed by atoms with Gasteiger partial charge in [0.05, 0.1) is 6.42 Å². The number of carbonyl (C=O) groups is 3. The fourth-order valence-electron chi connectivity index (χ4n) is 2.42.